The van der Waals surface area contributed by atoms with Gasteiger partial charge in [-0.05, 0) is 28.1 Å². The van der Waals surface area contributed by atoms with E-state index >= 15 is 0 Å². The number of carboxylic acid groups (broad SMARTS) is 1. The van der Waals surface area contributed by atoms with Crippen LogP contribution in [0.5, 0.6) is 0 Å². The molecule has 1 amide bonds. The maximum atomic E-state index is 11.0. The maximum Gasteiger partial charge on any atom is 0.394 e. The van der Waals surface area contributed by atoms with Crippen LogP contribution in [0, 0.1) is 0 Å². The van der Waals surface area contributed by atoms with Gasteiger partial charge < -0.3 is 5.11 Å². The Morgan fingerprint density at radius 2 is 2.15 bits per heavy atom. The van der Waals surface area contributed by atoms with Crippen LogP contribution in [-0.4, -0.2) is 24.0 Å². The average Bonchev–Trinajstić information content (AvgIpc) is 2.49. The summed E-state index contributed by atoms with van der Waals surface area (Å²) in [5.41, 5.74) is 0. The number of hydrogen-bond donors (Lipinski definition) is 1. The molecule has 0 spiro atoms. The van der Waals surface area contributed by atoms with Gasteiger partial charge in [-0.3, -0.25) is 9.69 Å². The monoisotopic (exact) mass is 263 g/mol. The molecule has 0 aliphatic carbocycles. The first-order valence-corrected chi connectivity index (χ1v) is 4.89. The normalized spacial score (nSPS) is 9.69. The van der Waals surface area contributed by atoms with Crippen LogP contribution in [0.1, 0.15) is 0 Å². The van der Waals surface area contributed by atoms with Crippen LogP contribution in [0.25, 0.3) is 0 Å². The van der Waals surface area contributed by atoms with Crippen molar-refractivity contribution in [3.63, 3.8) is 0 Å². The number of likely N-dealkylation sites (N-methyl/N-ethyl adjacent to an activating group) is 1. The predicted octanol–water partition coefficient (Wildman–Crippen LogP) is 1.56. The van der Waals surface area contributed by atoms with Crippen molar-refractivity contribution in [2.24, 2.45) is 0 Å². The van der Waals surface area contributed by atoms with Gasteiger partial charge in [-0.2, -0.15) is 0 Å². The first-order valence-electron chi connectivity index (χ1n) is 3.28. The highest BCUT2D eigenvalue weighted by molar-refractivity contribution is 9.11. The number of hydrogen-bond acceptors (Lipinski definition) is 3. The number of amides is 1. The largest absolute Gasteiger partial charge is 0.474 e. The Balaban J connectivity index is 2.85. The number of carboxylic acids is 1. The third kappa shape index (κ3) is 2.28. The van der Waals surface area contributed by atoms with Crippen molar-refractivity contribution in [1.29, 1.82) is 0 Å². The Morgan fingerprint density at radius 3 is 2.54 bits per heavy atom. The number of rotatable bonds is 1. The molecule has 0 saturated carbocycles. The fourth-order valence-electron chi connectivity index (χ4n) is 0.729. The number of carbonyl (C=O) groups excluding carboxylic acids is 1. The predicted molar refractivity (Wildman–Crippen MR) is 53.1 cm³/mol. The van der Waals surface area contributed by atoms with Crippen molar-refractivity contribution in [3.05, 3.63) is 15.9 Å². The second-order valence-electron chi connectivity index (χ2n) is 2.25. The van der Waals surface area contributed by atoms with E-state index in [9.17, 15) is 9.59 Å². The summed E-state index contributed by atoms with van der Waals surface area (Å²) < 4.78 is 0.854. The van der Waals surface area contributed by atoms with E-state index in [0.29, 0.717) is 5.00 Å². The molecule has 1 heterocycles. The highest BCUT2D eigenvalue weighted by Gasteiger charge is 2.19. The Bertz CT molecular complexity index is 349. The van der Waals surface area contributed by atoms with Gasteiger partial charge in [-0.25, -0.2) is 4.79 Å². The molecule has 0 fully saturated rings. The molecule has 0 radical (unpaired) electrons. The molecule has 0 aliphatic heterocycles. The Kier molecular flexibility index (Phi) is 3.05. The van der Waals surface area contributed by atoms with Crippen LogP contribution in [0.3, 0.4) is 0 Å². The highest BCUT2D eigenvalue weighted by Crippen LogP contribution is 2.28. The van der Waals surface area contributed by atoms with Crippen molar-refractivity contribution in [2.75, 3.05) is 11.9 Å². The van der Waals surface area contributed by atoms with E-state index in [0.717, 1.165) is 8.69 Å². The smallest absolute Gasteiger partial charge is 0.394 e. The standard InChI is InChI=1S/C7H6BrNO3S/c1-9(6(10)7(11)12)5-3-2-4(8)13-5/h2-3H,1H3,(H,11,12). The van der Waals surface area contributed by atoms with E-state index < -0.39 is 11.9 Å². The minimum absolute atomic E-state index is 0.597. The first kappa shape index (κ1) is 10.2. The fourth-order valence-corrected chi connectivity index (χ4v) is 2.05. The second-order valence-corrected chi connectivity index (χ2v) is 4.69. The first-order chi connectivity index (χ1) is 6.02. The zero-order valence-electron chi connectivity index (χ0n) is 6.65. The van der Waals surface area contributed by atoms with E-state index in [1.54, 1.807) is 12.1 Å². The number of aliphatic carboxylic acids is 1. The SMILES string of the molecule is CN(C(=O)C(=O)O)c1ccc(Br)s1. The van der Waals surface area contributed by atoms with E-state index in [1.807, 2.05) is 0 Å². The quantitative estimate of drug-likeness (QED) is 0.783. The van der Waals surface area contributed by atoms with Gasteiger partial charge in [0.15, 0.2) is 0 Å². The molecule has 1 rings (SSSR count). The molecule has 1 aromatic heterocycles. The summed E-state index contributed by atoms with van der Waals surface area (Å²) in [5.74, 6) is -2.39. The molecule has 70 valence electrons. The lowest BCUT2D eigenvalue weighted by molar-refractivity contribution is -0.148. The Morgan fingerprint density at radius 1 is 1.54 bits per heavy atom. The summed E-state index contributed by atoms with van der Waals surface area (Å²) in [6.07, 6.45) is 0. The zero-order chi connectivity index (χ0) is 10.0. The van der Waals surface area contributed by atoms with Crippen LogP contribution in [-0.2, 0) is 9.59 Å². The van der Waals surface area contributed by atoms with Gasteiger partial charge in [0.25, 0.3) is 0 Å². The van der Waals surface area contributed by atoms with Gasteiger partial charge in [-0.1, -0.05) is 0 Å². The molecule has 13 heavy (non-hydrogen) atoms. The lowest BCUT2D eigenvalue weighted by atomic mass is 10.5. The summed E-state index contributed by atoms with van der Waals surface area (Å²) >= 11 is 4.52. The number of nitrogens with zero attached hydrogens (tertiary/aromatic N) is 1. The van der Waals surface area contributed by atoms with E-state index in [4.69, 9.17) is 5.11 Å². The number of carbonyl (C=O) groups is 2. The molecule has 0 saturated heterocycles. The van der Waals surface area contributed by atoms with Gasteiger partial charge in [0.05, 0.1) is 8.79 Å². The van der Waals surface area contributed by atoms with Crippen molar-refractivity contribution in [3.8, 4) is 0 Å². The molecule has 1 aromatic rings. The summed E-state index contributed by atoms with van der Waals surface area (Å²) in [4.78, 5) is 22.4. The van der Waals surface area contributed by atoms with Crippen molar-refractivity contribution >= 4 is 44.1 Å². The average molecular weight is 264 g/mol. The maximum absolute atomic E-state index is 11.0. The summed E-state index contributed by atoms with van der Waals surface area (Å²) in [6, 6.07) is 3.43. The van der Waals surface area contributed by atoms with Crippen LogP contribution in [0.4, 0.5) is 5.00 Å². The highest BCUT2D eigenvalue weighted by atomic mass is 79.9. The molecule has 1 N–H and O–H groups in total. The van der Waals surface area contributed by atoms with Crippen LogP contribution in [0.2, 0.25) is 0 Å². The van der Waals surface area contributed by atoms with Crippen molar-refractivity contribution in [1.82, 2.24) is 0 Å². The number of thiophene rings is 1. The third-order valence-corrected chi connectivity index (χ3v) is 3.08. The molecule has 0 unspecified atom stereocenters. The molecule has 4 nitrogen and oxygen atoms in total. The van der Waals surface area contributed by atoms with Gasteiger partial charge in [0, 0.05) is 7.05 Å². The molecule has 0 atom stereocenters. The zero-order valence-corrected chi connectivity index (χ0v) is 9.05. The fraction of sp³-hybridized carbons (Fsp3) is 0.143. The second kappa shape index (κ2) is 3.89. The number of anilines is 1. The van der Waals surface area contributed by atoms with Crippen LogP contribution >= 0.6 is 27.3 Å². The molecule has 0 aliphatic rings. The number of halogens is 1. The Hall–Kier alpha value is -0.880. The topological polar surface area (TPSA) is 57.6 Å². The summed E-state index contributed by atoms with van der Waals surface area (Å²) in [7, 11) is 1.43. The molecule has 0 aromatic carbocycles. The summed E-state index contributed by atoms with van der Waals surface area (Å²) in [6.45, 7) is 0. The van der Waals surface area contributed by atoms with E-state index in [2.05, 4.69) is 15.9 Å². The minimum Gasteiger partial charge on any atom is -0.474 e. The summed E-state index contributed by atoms with van der Waals surface area (Å²) in [5, 5.41) is 9.02. The molecule has 0 bridgehead atoms. The van der Waals surface area contributed by atoms with Gasteiger partial charge in [-0.15, -0.1) is 11.3 Å². The molecule has 6 heteroatoms. The van der Waals surface area contributed by atoms with E-state index in [-0.39, 0.29) is 0 Å². The lowest BCUT2D eigenvalue weighted by Gasteiger charge is -2.10. The van der Waals surface area contributed by atoms with Gasteiger partial charge in [0.1, 0.15) is 0 Å². The van der Waals surface area contributed by atoms with E-state index in [1.165, 1.54) is 18.4 Å². The van der Waals surface area contributed by atoms with Gasteiger partial charge >= 0.3 is 11.9 Å². The minimum atomic E-state index is -1.45. The Labute approximate surface area is 86.9 Å². The van der Waals surface area contributed by atoms with Gasteiger partial charge in [0.2, 0.25) is 0 Å². The third-order valence-electron chi connectivity index (χ3n) is 1.38. The van der Waals surface area contributed by atoms with Crippen LogP contribution in [0.15, 0.2) is 15.9 Å². The lowest BCUT2D eigenvalue weighted by Crippen LogP contribution is -2.32. The van der Waals surface area contributed by atoms with Crippen molar-refractivity contribution < 1.29 is 14.7 Å². The molecular formula is C7H6BrNO3S. The van der Waals surface area contributed by atoms with Crippen LogP contribution < -0.4 is 4.90 Å². The van der Waals surface area contributed by atoms with Crippen molar-refractivity contribution in [2.45, 2.75) is 0 Å². The molecular weight excluding hydrogens is 258 g/mol.